The van der Waals surface area contributed by atoms with Crippen molar-refractivity contribution >= 4 is 17.6 Å². The molecule has 0 saturated carbocycles. The van der Waals surface area contributed by atoms with Crippen LogP contribution in [-0.4, -0.2) is 39.8 Å². The first-order chi connectivity index (χ1) is 13.6. The standard InChI is InChI=1S/C21H23NO6/c1-25-17-7-5-4-6-16(17)22-12-15(11-20(22)23)21(24)28-13-14-8-9-18(26-2)19(10-14)27-3/h4-10,15H,11-13H2,1-3H3/t15-/m1/s1. The van der Waals surface area contributed by atoms with Crippen molar-refractivity contribution in [2.45, 2.75) is 13.0 Å². The van der Waals surface area contributed by atoms with Gasteiger partial charge in [0.15, 0.2) is 11.5 Å². The van der Waals surface area contributed by atoms with Crippen molar-refractivity contribution in [3.05, 3.63) is 48.0 Å². The van der Waals surface area contributed by atoms with Crippen LogP contribution < -0.4 is 19.1 Å². The highest BCUT2D eigenvalue weighted by atomic mass is 16.5. The molecule has 1 aliphatic heterocycles. The summed E-state index contributed by atoms with van der Waals surface area (Å²) in [5.41, 5.74) is 1.43. The van der Waals surface area contributed by atoms with Gasteiger partial charge in [-0.3, -0.25) is 9.59 Å². The number of methoxy groups -OCH3 is 3. The first-order valence-corrected chi connectivity index (χ1v) is 8.88. The van der Waals surface area contributed by atoms with E-state index in [-0.39, 0.29) is 25.5 Å². The largest absolute Gasteiger partial charge is 0.495 e. The van der Waals surface area contributed by atoms with Gasteiger partial charge in [-0.25, -0.2) is 0 Å². The SMILES string of the molecule is COc1ccc(COC(=O)[C@@H]2CC(=O)N(c3ccccc3OC)C2)cc1OC. The van der Waals surface area contributed by atoms with E-state index in [4.69, 9.17) is 18.9 Å². The Morgan fingerprint density at radius 1 is 1.00 bits per heavy atom. The Labute approximate surface area is 163 Å². The Kier molecular flexibility index (Phi) is 6.03. The lowest BCUT2D eigenvalue weighted by atomic mass is 10.1. The monoisotopic (exact) mass is 385 g/mol. The third-order valence-electron chi connectivity index (χ3n) is 4.66. The van der Waals surface area contributed by atoms with Crippen LogP contribution in [0, 0.1) is 5.92 Å². The number of rotatable bonds is 7. The molecule has 1 heterocycles. The Balaban J connectivity index is 1.64. The molecular formula is C21H23NO6. The Bertz CT molecular complexity index is 866. The van der Waals surface area contributed by atoms with Gasteiger partial charge in [-0.05, 0) is 29.8 Å². The fourth-order valence-electron chi connectivity index (χ4n) is 3.19. The number of anilines is 1. The maximum Gasteiger partial charge on any atom is 0.311 e. The van der Waals surface area contributed by atoms with E-state index in [0.717, 1.165) is 5.56 Å². The predicted octanol–water partition coefficient (Wildman–Crippen LogP) is 2.81. The van der Waals surface area contributed by atoms with Gasteiger partial charge in [0, 0.05) is 13.0 Å². The molecule has 0 spiro atoms. The molecule has 0 aliphatic carbocycles. The molecule has 1 aliphatic rings. The van der Waals surface area contributed by atoms with Gasteiger partial charge in [-0.1, -0.05) is 18.2 Å². The summed E-state index contributed by atoms with van der Waals surface area (Å²) in [6.07, 6.45) is 0.114. The van der Waals surface area contributed by atoms with Gasteiger partial charge in [0.1, 0.15) is 12.4 Å². The number of carbonyl (C=O) groups excluding carboxylic acids is 2. The molecule has 1 fully saturated rings. The number of nitrogens with zero attached hydrogens (tertiary/aromatic N) is 1. The smallest absolute Gasteiger partial charge is 0.311 e. The molecule has 0 aromatic heterocycles. The lowest BCUT2D eigenvalue weighted by Crippen LogP contribution is -2.26. The Hall–Kier alpha value is -3.22. The second-order valence-corrected chi connectivity index (χ2v) is 6.37. The summed E-state index contributed by atoms with van der Waals surface area (Å²) in [6.45, 7) is 0.364. The number of hydrogen-bond acceptors (Lipinski definition) is 6. The highest BCUT2D eigenvalue weighted by Gasteiger charge is 2.37. The van der Waals surface area contributed by atoms with Crippen molar-refractivity contribution in [2.75, 3.05) is 32.8 Å². The van der Waals surface area contributed by atoms with Crippen LogP contribution in [0.3, 0.4) is 0 Å². The molecule has 0 bridgehead atoms. The summed E-state index contributed by atoms with van der Waals surface area (Å²) < 4.78 is 21.2. The predicted molar refractivity (Wildman–Crippen MR) is 103 cm³/mol. The molecule has 1 saturated heterocycles. The Morgan fingerprint density at radius 2 is 1.71 bits per heavy atom. The van der Waals surface area contributed by atoms with Crippen molar-refractivity contribution in [1.29, 1.82) is 0 Å². The van der Waals surface area contributed by atoms with Crippen LogP contribution in [0.4, 0.5) is 5.69 Å². The molecule has 7 heteroatoms. The van der Waals surface area contributed by atoms with E-state index in [2.05, 4.69) is 0 Å². The second-order valence-electron chi connectivity index (χ2n) is 6.37. The fraction of sp³-hybridized carbons (Fsp3) is 0.333. The maximum atomic E-state index is 12.5. The summed E-state index contributed by atoms with van der Waals surface area (Å²) in [5, 5.41) is 0. The molecule has 2 aromatic carbocycles. The van der Waals surface area contributed by atoms with Gasteiger partial charge >= 0.3 is 5.97 Å². The molecule has 7 nitrogen and oxygen atoms in total. The summed E-state index contributed by atoms with van der Waals surface area (Å²) in [7, 11) is 4.65. The van der Waals surface area contributed by atoms with E-state index in [0.29, 0.717) is 22.9 Å². The average molecular weight is 385 g/mol. The van der Waals surface area contributed by atoms with Gasteiger partial charge in [-0.15, -0.1) is 0 Å². The van der Waals surface area contributed by atoms with Gasteiger partial charge in [-0.2, -0.15) is 0 Å². The topological polar surface area (TPSA) is 74.3 Å². The van der Waals surface area contributed by atoms with Gasteiger partial charge in [0.25, 0.3) is 0 Å². The molecule has 1 amide bonds. The van der Waals surface area contributed by atoms with Crippen LogP contribution in [0.2, 0.25) is 0 Å². The van der Waals surface area contributed by atoms with E-state index in [1.165, 1.54) is 0 Å². The molecule has 0 unspecified atom stereocenters. The Morgan fingerprint density at radius 3 is 2.43 bits per heavy atom. The van der Waals surface area contributed by atoms with Crippen LogP contribution >= 0.6 is 0 Å². The zero-order valence-electron chi connectivity index (χ0n) is 16.1. The first-order valence-electron chi connectivity index (χ1n) is 8.88. The van der Waals surface area contributed by atoms with Crippen molar-refractivity contribution in [3.8, 4) is 17.2 Å². The van der Waals surface area contributed by atoms with E-state index < -0.39 is 11.9 Å². The normalized spacial score (nSPS) is 16.0. The van der Waals surface area contributed by atoms with Gasteiger partial charge in [0.05, 0.1) is 32.9 Å². The zero-order valence-corrected chi connectivity index (χ0v) is 16.1. The zero-order chi connectivity index (χ0) is 20.1. The van der Waals surface area contributed by atoms with Crippen LogP contribution in [0.25, 0.3) is 0 Å². The first kappa shape index (κ1) is 19.5. The third kappa shape index (κ3) is 4.03. The molecule has 3 rings (SSSR count). The highest BCUT2D eigenvalue weighted by molar-refractivity contribution is 6.00. The number of esters is 1. The van der Waals surface area contributed by atoms with E-state index in [9.17, 15) is 9.59 Å². The molecule has 148 valence electrons. The maximum absolute atomic E-state index is 12.5. The van der Waals surface area contributed by atoms with Gasteiger partial charge in [0.2, 0.25) is 5.91 Å². The second kappa shape index (κ2) is 8.65. The molecular weight excluding hydrogens is 362 g/mol. The highest BCUT2D eigenvalue weighted by Crippen LogP contribution is 2.33. The fourth-order valence-corrected chi connectivity index (χ4v) is 3.19. The third-order valence-corrected chi connectivity index (χ3v) is 4.66. The number of para-hydroxylation sites is 2. The van der Waals surface area contributed by atoms with Crippen LogP contribution in [0.5, 0.6) is 17.2 Å². The molecule has 28 heavy (non-hydrogen) atoms. The number of amides is 1. The minimum atomic E-state index is -0.516. The van der Waals surface area contributed by atoms with E-state index in [1.54, 1.807) is 56.6 Å². The molecule has 2 aromatic rings. The van der Waals surface area contributed by atoms with Crippen molar-refractivity contribution in [3.63, 3.8) is 0 Å². The minimum absolute atomic E-state index is 0.0958. The summed E-state index contributed by atoms with van der Waals surface area (Å²) in [5.74, 6) is 0.715. The summed E-state index contributed by atoms with van der Waals surface area (Å²) in [4.78, 5) is 26.5. The van der Waals surface area contributed by atoms with Crippen molar-refractivity contribution < 1.29 is 28.5 Å². The van der Waals surface area contributed by atoms with Crippen LogP contribution in [-0.2, 0) is 20.9 Å². The lowest BCUT2D eigenvalue weighted by molar-refractivity contribution is -0.149. The summed E-state index contributed by atoms with van der Waals surface area (Å²) >= 11 is 0. The lowest BCUT2D eigenvalue weighted by Gasteiger charge is -2.19. The minimum Gasteiger partial charge on any atom is -0.495 e. The molecule has 1 atom stereocenters. The van der Waals surface area contributed by atoms with E-state index in [1.807, 2.05) is 12.1 Å². The van der Waals surface area contributed by atoms with Gasteiger partial charge < -0.3 is 23.8 Å². The van der Waals surface area contributed by atoms with Crippen LogP contribution in [0.15, 0.2) is 42.5 Å². The van der Waals surface area contributed by atoms with Crippen LogP contribution in [0.1, 0.15) is 12.0 Å². The molecule has 0 N–H and O–H groups in total. The quantitative estimate of drug-likeness (QED) is 0.683. The van der Waals surface area contributed by atoms with Crippen molar-refractivity contribution in [1.82, 2.24) is 0 Å². The molecule has 0 radical (unpaired) electrons. The number of ether oxygens (including phenoxy) is 4. The van der Waals surface area contributed by atoms with E-state index >= 15 is 0 Å². The average Bonchev–Trinajstić information content (AvgIpc) is 3.13. The van der Waals surface area contributed by atoms with Crippen molar-refractivity contribution in [2.24, 2.45) is 5.92 Å². The number of hydrogen-bond donors (Lipinski definition) is 0. The summed E-state index contributed by atoms with van der Waals surface area (Å²) in [6, 6.07) is 12.6. The number of carbonyl (C=O) groups is 2. The number of benzene rings is 2.